The first kappa shape index (κ1) is 16.0. The molecule has 7 heteroatoms. The van der Waals surface area contributed by atoms with Gasteiger partial charge in [0, 0.05) is 38.8 Å². The average molecular weight is 328 g/mol. The summed E-state index contributed by atoms with van der Waals surface area (Å²) in [6, 6.07) is 9.30. The topological polar surface area (TPSA) is 76.5 Å². The highest BCUT2D eigenvalue weighted by molar-refractivity contribution is 5.96. The van der Waals surface area contributed by atoms with Crippen molar-refractivity contribution in [2.45, 2.75) is 13.0 Å². The smallest absolute Gasteiger partial charge is 0.230 e. The number of nitrogens with zero attached hydrogens (tertiary/aromatic N) is 3. The Hall–Kier alpha value is -2.83. The van der Waals surface area contributed by atoms with Gasteiger partial charge in [-0.15, -0.1) is 0 Å². The monoisotopic (exact) mass is 328 g/mol. The first-order chi connectivity index (χ1) is 11.5. The van der Waals surface area contributed by atoms with Crippen LogP contribution in [0.25, 0.3) is 0 Å². The van der Waals surface area contributed by atoms with Crippen LogP contribution >= 0.6 is 0 Å². The van der Waals surface area contributed by atoms with Crippen LogP contribution in [0.15, 0.2) is 36.5 Å². The van der Waals surface area contributed by atoms with E-state index in [9.17, 15) is 9.59 Å². The molecule has 0 spiro atoms. The lowest BCUT2D eigenvalue weighted by molar-refractivity contribution is -0.128. The number of ether oxygens (including phenoxy) is 1. The van der Waals surface area contributed by atoms with Gasteiger partial charge in [-0.3, -0.25) is 14.3 Å². The molecule has 126 valence electrons. The number of benzene rings is 1. The largest absolute Gasteiger partial charge is 0.497 e. The van der Waals surface area contributed by atoms with E-state index >= 15 is 0 Å². The van der Waals surface area contributed by atoms with Gasteiger partial charge in [-0.2, -0.15) is 5.10 Å². The minimum absolute atomic E-state index is 0.00742. The van der Waals surface area contributed by atoms with E-state index in [1.807, 2.05) is 24.3 Å². The maximum Gasteiger partial charge on any atom is 0.230 e. The number of carbonyl (C=O) groups is 2. The SMILES string of the molecule is COc1ccc(CN2CC(C(=O)Nc3ccn(C)n3)CC2=O)cc1. The third-order valence-corrected chi connectivity index (χ3v) is 4.08. The molecule has 24 heavy (non-hydrogen) atoms. The standard InChI is InChI=1S/C17H20N4O3/c1-20-8-7-15(19-20)18-17(23)13-9-16(22)21(11-13)10-12-3-5-14(24-2)6-4-12/h3-8,13H,9-11H2,1-2H3,(H,18,19,23). The number of rotatable bonds is 5. The van der Waals surface area contributed by atoms with E-state index in [-0.39, 0.29) is 24.2 Å². The summed E-state index contributed by atoms with van der Waals surface area (Å²) in [5.74, 6) is 0.756. The summed E-state index contributed by atoms with van der Waals surface area (Å²) in [4.78, 5) is 26.2. The highest BCUT2D eigenvalue weighted by atomic mass is 16.5. The number of aryl methyl sites for hydroxylation is 1. The number of amides is 2. The molecule has 0 aliphatic carbocycles. The summed E-state index contributed by atoms with van der Waals surface area (Å²) < 4.78 is 6.74. The molecule has 0 radical (unpaired) electrons. The van der Waals surface area contributed by atoms with Crippen molar-refractivity contribution in [2.75, 3.05) is 19.0 Å². The van der Waals surface area contributed by atoms with Gasteiger partial charge in [-0.25, -0.2) is 0 Å². The van der Waals surface area contributed by atoms with Gasteiger partial charge in [-0.05, 0) is 17.7 Å². The Morgan fingerprint density at radius 2 is 2.08 bits per heavy atom. The Morgan fingerprint density at radius 1 is 1.33 bits per heavy atom. The van der Waals surface area contributed by atoms with Gasteiger partial charge in [0.1, 0.15) is 5.75 Å². The second kappa shape index (κ2) is 6.74. The number of anilines is 1. The molecule has 1 unspecified atom stereocenters. The van der Waals surface area contributed by atoms with Crippen molar-refractivity contribution in [3.8, 4) is 5.75 Å². The molecule has 1 N–H and O–H groups in total. The summed E-state index contributed by atoms with van der Waals surface area (Å²) >= 11 is 0. The predicted molar refractivity (Wildman–Crippen MR) is 88.4 cm³/mol. The molecule has 0 saturated carbocycles. The van der Waals surface area contributed by atoms with Gasteiger partial charge in [0.2, 0.25) is 11.8 Å². The minimum Gasteiger partial charge on any atom is -0.497 e. The fraction of sp³-hybridized carbons (Fsp3) is 0.353. The van der Waals surface area contributed by atoms with Crippen LogP contribution in [0, 0.1) is 5.92 Å². The molecule has 1 aromatic heterocycles. The Balaban J connectivity index is 1.59. The van der Waals surface area contributed by atoms with Crippen LogP contribution in [0.2, 0.25) is 0 Å². The lowest BCUT2D eigenvalue weighted by atomic mass is 10.1. The second-order valence-corrected chi connectivity index (χ2v) is 5.89. The number of aromatic nitrogens is 2. The maximum absolute atomic E-state index is 12.3. The van der Waals surface area contributed by atoms with Gasteiger partial charge < -0.3 is 15.0 Å². The zero-order valence-corrected chi connectivity index (χ0v) is 13.7. The molecule has 1 atom stereocenters. The molecule has 2 amide bonds. The number of hydrogen-bond donors (Lipinski definition) is 1. The number of methoxy groups -OCH3 is 1. The van der Waals surface area contributed by atoms with Crippen molar-refractivity contribution in [3.05, 3.63) is 42.1 Å². The van der Waals surface area contributed by atoms with Gasteiger partial charge in [0.15, 0.2) is 5.82 Å². The van der Waals surface area contributed by atoms with Crippen LogP contribution in [-0.2, 0) is 23.2 Å². The van der Waals surface area contributed by atoms with Gasteiger partial charge in [0.25, 0.3) is 0 Å². The normalized spacial score (nSPS) is 17.2. The Bertz CT molecular complexity index is 739. The third-order valence-electron chi connectivity index (χ3n) is 4.08. The molecule has 1 aromatic carbocycles. The molecule has 2 aromatic rings. The molecule has 7 nitrogen and oxygen atoms in total. The van der Waals surface area contributed by atoms with Crippen molar-refractivity contribution in [2.24, 2.45) is 13.0 Å². The summed E-state index contributed by atoms with van der Waals surface area (Å²) in [6.45, 7) is 0.916. The molecule has 3 rings (SSSR count). The lowest BCUT2D eigenvalue weighted by Crippen LogP contribution is -2.28. The number of hydrogen-bond acceptors (Lipinski definition) is 4. The summed E-state index contributed by atoms with van der Waals surface area (Å²) in [5.41, 5.74) is 1.01. The third kappa shape index (κ3) is 3.56. The molecule has 0 bridgehead atoms. The minimum atomic E-state index is -0.349. The van der Waals surface area contributed by atoms with E-state index in [0.717, 1.165) is 11.3 Å². The van der Waals surface area contributed by atoms with Crippen LogP contribution in [0.4, 0.5) is 5.82 Å². The first-order valence-corrected chi connectivity index (χ1v) is 7.76. The highest BCUT2D eigenvalue weighted by Gasteiger charge is 2.34. The quantitative estimate of drug-likeness (QED) is 0.900. The summed E-state index contributed by atoms with van der Waals surface area (Å²) in [7, 11) is 3.40. The van der Waals surface area contributed by atoms with Crippen LogP contribution in [-0.4, -0.2) is 40.1 Å². The number of carbonyl (C=O) groups excluding carboxylic acids is 2. The van der Waals surface area contributed by atoms with E-state index < -0.39 is 0 Å². The lowest BCUT2D eigenvalue weighted by Gasteiger charge is -2.16. The van der Waals surface area contributed by atoms with Crippen molar-refractivity contribution >= 4 is 17.6 Å². The Kier molecular flexibility index (Phi) is 4.50. The van der Waals surface area contributed by atoms with Gasteiger partial charge in [0.05, 0.1) is 13.0 Å². The van der Waals surface area contributed by atoms with E-state index in [1.54, 1.807) is 36.0 Å². The number of likely N-dealkylation sites (tertiary alicyclic amines) is 1. The first-order valence-electron chi connectivity index (χ1n) is 7.76. The van der Waals surface area contributed by atoms with Gasteiger partial charge >= 0.3 is 0 Å². The summed E-state index contributed by atoms with van der Waals surface area (Å²) in [6.07, 6.45) is 1.99. The van der Waals surface area contributed by atoms with Crippen molar-refractivity contribution in [1.29, 1.82) is 0 Å². The Labute approximate surface area is 140 Å². The molecule has 1 fully saturated rings. The fourth-order valence-electron chi connectivity index (χ4n) is 2.76. The Morgan fingerprint density at radius 3 is 2.71 bits per heavy atom. The van der Waals surface area contributed by atoms with E-state index in [0.29, 0.717) is 18.9 Å². The molecule has 1 saturated heterocycles. The molecule has 1 aliphatic rings. The van der Waals surface area contributed by atoms with E-state index in [1.165, 1.54) is 0 Å². The average Bonchev–Trinajstić information content (AvgIpc) is 3.14. The van der Waals surface area contributed by atoms with E-state index in [4.69, 9.17) is 4.74 Å². The molecular weight excluding hydrogens is 308 g/mol. The molecular formula is C17H20N4O3. The molecule has 1 aliphatic heterocycles. The second-order valence-electron chi connectivity index (χ2n) is 5.89. The van der Waals surface area contributed by atoms with Crippen molar-refractivity contribution in [1.82, 2.24) is 14.7 Å². The fourth-order valence-corrected chi connectivity index (χ4v) is 2.76. The van der Waals surface area contributed by atoms with E-state index in [2.05, 4.69) is 10.4 Å². The maximum atomic E-state index is 12.3. The summed E-state index contributed by atoms with van der Waals surface area (Å²) in [5, 5.41) is 6.88. The number of nitrogens with one attached hydrogen (secondary N) is 1. The van der Waals surface area contributed by atoms with Crippen LogP contribution in [0.3, 0.4) is 0 Å². The van der Waals surface area contributed by atoms with Crippen molar-refractivity contribution < 1.29 is 14.3 Å². The zero-order valence-electron chi connectivity index (χ0n) is 13.7. The van der Waals surface area contributed by atoms with Crippen LogP contribution in [0.1, 0.15) is 12.0 Å². The van der Waals surface area contributed by atoms with Crippen LogP contribution < -0.4 is 10.1 Å². The van der Waals surface area contributed by atoms with Gasteiger partial charge in [-0.1, -0.05) is 12.1 Å². The highest BCUT2D eigenvalue weighted by Crippen LogP contribution is 2.22. The molecule has 2 heterocycles. The van der Waals surface area contributed by atoms with Crippen LogP contribution in [0.5, 0.6) is 5.75 Å². The predicted octanol–water partition coefficient (Wildman–Crippen LogP) is 1.42. The van der Waals surface area contributed by atoms with Crippen molar-refractivity contribution in [3.63, 3.8) is 0 Å². The zero-order chi connectivity index (χ0) is 17.1.